The minimum absolute atomic E-state index is 0.297. The number of amides is 1. The van der Waals surface area contributed by atoms with E-state index in [-0.39, 0.29) is 0 Å². The van der Waals surface area contributed by atoms with E-state index in [0.717, 1.165) is 21.2 Å². The maximum Gasteiger partial charge on any atom is 0.233 e. The number of carbonyl (C=O) groups excluding carboxylic acids is 1. The van der Waals surface area contributed by atoms with Crippen LogP contribution in [0.3, 0.4) is 0 Å². The molecule has 2 saturated carbocycles. The molecule has 4 rings (SSSR count). The van der Waals surface area contributed by atoms with Crippen LogP contribution < -0.4 is 0 Å². The second kappa shape index (κ2) is 7.00. The van der Waals surface area contributed by atoms with Crippen LogP contribution >= 0.6 is 23.1 Å². The predicted octanol–water partition coefficient (Wildman–Crippen LogP) is 4.35. The van der Waals surface area contributed by atoms with Gasteiger partial charge in [0.25, 0.3) is 0 Å². The van der Waals surface area contributed by atoms with Crippen LogP contribution in [0, 0.1) is 5.92 Å². The van der Waals surface area contributed by atoms with Crippen LogP contribution in [-0.4, -0.2) is 38.6 Å². The van der Waals surface area contributed by atoms with E-state index in [1.54, 1.807) is 29.4 Å². The molecule has 1 amide bonds. The molecule has 24 heavy (non-hydrogen) atoms. The first-order chi connectivity index (χ1) is 11.7. The molecule has 0 atom stereocenters. The van der Waals surface area contributed by atoms with E-state index in [9.17, 15) is 4.79 Å². The Balaban J connectivity index is 1.43. The maximum atomic E-state index is 12.9. The van der Waals surface area contributed by atoms with Gasteiger partial charge in [-0.15, -0.1) is 11.3 Å². The molecule has 2 heterocycles. The van der Waals surface area contributed by atoms with Crippen LogP contribution in [0.4, 0.5) is 0 Å². The summed E-state index contributed by atoms with van der Waals surface area (Å²) < 4.78 is 1.10. The zero-order valence-electron chi connectivity index (χ0n) is 14.0. The molecule has 0 aliphatic heterocycles. The van der Waals surface area contributed by atoms with Crippen LogP contribution in [0.2, 0.25) is 0 Å². The number of thiophene rings is 1. The maximum absolute atomic E-state index is 12.9. The number of nitrogens with zero attached hydrogens (tertiary/aromatic N) is 3. The molecule has 0 bridgehead atoms. The average molecular weight is 362 g/mol. The number of rotatable bonds is 5. The van der Waals surface area contributed by atoms with Gasteiger partial charge in [0.15, 0.2) is 0 Å². The Morgan fingerprint density at radius 3 is 2.62 bits per heavy atom. The normalized spacial score (nSPS) is 24.2. The van der Waals surface area contributed by atoms with E-state index in [0.29, 0.717) is 23.7 Å². The van der Waals surface area contributed by atoms with Crippen molar-refractivity contribution in [3.63, 3.8) is 0 Å². The third-order valence-corrected chi connectivity index (χ3v) is 7.16. The van der Waals surface area contributed by atoms with Crippen LogP contribution in [0.15, 0.2) is 22.8 Å². The first-order valence-electron chi connectivity index (χ1n) is 8.84. The minimum atomic E-state index is 0.297. The van der Waals surface area contributed by atoms with Gasteiger partial charge in [0.1, 0.15) is 11.4 Å². The minimum Gasteiger partial charge on any atom is -0.336 e. The van der Waals surface area contributed by atoms with Crippen molar-refractivity contribution >= 4 is 39.2 Å². The van der Waals surface area contributed by atoms with Gasteiger partial charge < -0.3 is 4.90 Å². The number of fused-ring (bicyclic) bond motifs is 1. The van der Waals surface area contributed by atoms with Gasteiger partial charge in [0.05, 0.1) is 16.0 Å². The highest BCUT2D eigenvalue weighted by Crippen LogP contribution is 2.36. The molecule has 2 aliphatic rings. The van der Waals surface area contributed by atoms with Crippen LogP contribution in [0.1, 0.15) is 45.4 Å². The number of hydrogen-bond donors (Lipinski definition) is 0. The average Bonchev–Trinajstić information content (AvgIpc) is 3.30. The molecule has 0 N–H and O–H groups in total. The van der Waals surface area contributed by atoms with Crippen LogP contribution in [0.25, 0.3) is 10.2 Å². The Morgan fingerprint density at radius 1 is 1.21 bits per heavy atom. The lowest BCUT2D eigenvalue weighted by Gasteiger charge is -2.36. The Bertz CT molecular complexity index is 720. The van der Waals surface area contributed by atoms with Crippen LogP contribution in [-0.2, 0) is 4.79 Å². The summed E-state index contributed by atoms with van der Waals surface area (Å²) >= 11 is 3.22. The molecule has 4 nitrogen and oxygen atoms in total. The lowest BCUT2D eigenvalue weighted by atomic mass is 9.86. The highest BCUT2D eigenvalue weighted by Gasteiger charge is 2.38. The summed E-state index contributed by atoms with van der Waals surface area (Å²) in [6.07, 6.45) is 8.85. The Hall–Kier alpha value is -1.14. The molecule has 2 fully saturated rings. The third kappa shape index (κ3) is 3.45. The van der Waals surface area contributed by atoms with E-state index < -0.39 is 0 Å². The smallest absolute Gasteiger partial charge is 0.233 e. The SMILES string of the molecule is CC1CCC(N(C(=O)CSc2ncnc3ccsc23)C2CC2)CC1. The molecule has 0 unspecified atom stereocenters. The Morgan fingerprint density at radius 2 is 1.92 bits per heavy atom. The molecular formula is C18H23N3OS2. The fourth-order valence-electron chi connectivity index (χ4n) is 3.65. The van der Waals surface area contributed by atoms with Crippen molar-refractivity contribution < 1.29 is 4.79 Å². The lowest BCUT2D eigenvalue weighted by Crippen LogP contribution is -2.44. The molecule has 0 radical (unpaired) electrons. The number of thioether (sulfide) groups is 1. The predicted molar refractivity (Wildman–Crippen MR) is 99.4 cm³/mol. The van der Waals surface area contributed by atoms with Crippen molar-refractivity contribution in [2.75, 3.05) is 5.75 Å². The second-order valence-electron chi connectivity index (χ2n) is 7.05. The quantitative estimate of drug-likeness (QED) is 0.586. The molecule has 0 spiro atoms. The first-order valence-corrected chi connectivity index (χ1v) is 10.7. The summed E-state index contributed by atoms with van der Waals surface area (Å²) in [5.41, 5.74) is 0.977. The van der Waals surface area contributed by atoms with Gasteiger partial charge in [-0.3, -0.25) is 4.79 Å². The summed E-state index contributed by atoms with van der Waals surface area (Å²) in [6.45, 7) is 2.33. The zero-order valence-corrected chi connectivity index (χ0v) is 15.6. The van der Waals surface area contributed by atoms with E-state index in [2.05, 4.69) is 21.8 Å². The van der Waals surface area contributed by atoms with Gasteiger partial charge in [0.2, 0.25) is 5.91 Å². The second-order valence-corrected chi connectivity index (χ2v) is 8.93. The summed E-state index contributed by atoms with van der Waals surface area (Å²) in [7, 11) is 0. The van der Waals surface area contributed by atoms with Gasteiger partial charge in [0, 0.05) is 12.1 Å². The van der Waals surface area contributed by atoms with Crippen molar-refractivity contribution in [2.24, 2.45) is 5.92 Å². The summed E-state index contributed by atoms with van der Waals surface area (Å²) in [4.78, 5) is 23.8. The van der Waals surface area contributed by atoms with Crippen molar-refractivity contribution in [2.45, 2.75) is 62.6 Å². The topological polar surface area (TPSA) is 46.1 Å². The zero-order chi connectivity index (χ0) is 16.5. The Kier molecular flexibility index (Phi) is 4.77. The monoisotopic (exact) mass is 361 g/mol. The highest BCUT2D eigenvalue weighted by atomic mass is 32.2. The van der Waals surface area contributed by atoms with E-state index in [4.69, 9.17) is 0 Å². The van der Waals surface area contributed by atoms with Crippen LogP contribution in [0.5, 0.6) is 0 Å². The largest absolute Gasteiger partial charge is 0.336 e. The number of aromatic nitrogens is 2. The van der Waals surface area contributed by atoms with Gasteiger partial charge in [-0.2, -0.15) is 0 Å². The molecule has 0 saturated heterocycles. The molecule has 2 aliphatic carbocycles. The molecular weight excluding hydrogens is 338 g/mol. The van der Waals surface area contributed by atoms with Gasteiger partial charge in [-0.1, -0.05) is 18.7 Å². The van der Waals surface area contributed by atoms with E-state index >= 15 is 0 Å². The number of carbonyl (C=O) groups is 1. The molecule has 128 valence electrons. The van der Waals surface area contributed by atoms with Gasteiger partial charge in [-0.05, 0) is 55.9 Å². The standard InChI is InChI=1S/C18H23N3OS2/c1-12-2-4-13(5-3-12)21(14-6-7-14)16(22)10-24-18-17-15(8-9-23-17)19-11-20-18/h8-9,11-14H,2-7,10H2,1H3. The van der Waals surface area contributed by atoms with Crippen molar-refractivity contribution in [1.82, 2.24) is 14.9 Å². The first kappa shape index (κ1) is 16.3. The van der Waals surface area contributed by atoms with Gasteiger partial charge >= 0.3 is 0 Å². The summed E-state index contributed by atoms with van der Waals surface area (Å²) in [5.74, 6) is 1.61. The van der Waals surface area contributed by atoms with E-state index in [1.165, 1.54) is 38.5 Å². The van der Waals surface area contributed by atoms with Crippen molar-refractivity contribution in [3.8, 4) is 0 Å². The fourth-order valence-corrected chi connectivity index (χ4v) is 5.47. The highest BCUT2D eigenvalue weighted by molar-refractivity contribution is 8.00. The summed E-state index contributed by atoms with van der Waals surface area (Å²) in [5, 5.41) is 2.97. The molecule has 2 aromatic heterocycles. The van der Waals surface area contributed by atoms with E-state index in [1.807, 2.05) is 11.4 Å². The van der Waals surface area contributed by atoms with Gasteiger partial charge in [-0.25, -0.2) is 9.97 Å². The Labute approximate surface area is 151 Å². The third-order valence-electron chi connectivity index (χ3n) is 5.15. The molecule has 6 heteroatoms. The lowest BCUT2D eigenvalue weighted by molar-refractivity contribution is -0.132. The molecule has 2 aromatic rings. The molecule has 0 aromatic carbocycles. The summed E-state index contributed by atoms with van der Waals surface area (Å²) in [6, 6.07) is 2.98. The fraction of sp³-hybridized carbons (Fsp3) is 0.611. The van der Waals surface area contributed by atoms with Crippen molar-refractivity contribution in [3.05, 3.63) is 17.8 Å². The number of hydrogen-bond acceptors (Lipinski definition) is 5. The van der Waals surface area contributed by atoms with Crippen molar-refractivity contribution in [1.29, 1.82) is 0 Å².